The number of esters is 2. The Bertz CT molecular complexity index is 808. The van der Waals surface area contributed by atoms with Crippen LogP contribution in [0.4, 0.5) is 0 Å². The maximum absolute atomic E-state index is 12.5. The van der Waals surface area contributed by atoms with Crippen LogP contribution in [0.5, 0.6) is 0 Å². The number of rotatable bonds is 41. The number of carbonyl (C=O) groups excluding carboxylic acids is 2. The molecule has 0 aromatic heterocycles. The lowest BCUT2D eigenvalue weighted by atomic mass is 10.0. The van der Waals surface area contributed by atoms with Gasteiger partial charge in [0, 0.05) is 20.0 Å². The first kappa shape index (κ1) is 50.1. The molecule has 0 radical (unpaired) electrons. The maximum atomic E-state index is 12.5. The van der Waals surface area contributed by atoms with Gasteiger partial charge in [0.25, 0.3) is 0 Å². The molecule has 2 atom stereocenters. The molecule has 0 aliphatic carbocycles. The molecule has 304 valence electrons. The fourth-order valence-electron chi connectivity index (χ4n) is 6.48. The van der Waals surface area contributed by atoms with Crippen LogP contribution in [-0.4, -0.2) is 43.3 Å². The number of carbonyl (C=O) groups is 2. The Labute approximate surface area is 315 Å². The number of phosphoric acid groups is 1. The summed E-state index contributed by atoms with van der Waals surface area (Å²) in [5, 5.41) is 0. The SMILES string of the molecule is CCCCCCCCCCCCCCCCCCCCCCCCCC(=O)OC(COC(=O)CCCCCCCCCCC)COP(=O)(O)OC. The van der Waals surface area contributed by atoms with Gasteiger partial charge in [-0.2, -0.15) is 0 Å². The predicted octanol–water partition coefficient (Wildman–Crippen LogP) is 13.5. The van der Waals surface area contributed by atoms with Crippen molar-refractivity contribution in [1.82, 2.24) is 0 Å². The monoisotopic (exact) mass is 747 g/mol. The highest BCUT2D eigenvalue weighted by molar-refractivity contribution is 7.47. The van der Waals surface area contributed by atoms with Crippen molar-refractivity contribution >= 4 is 19.8 Å². The predicted molar refractivity (Wildman–Crippen MR) is 212 cm³/mol. The Morgan fingerprint density at radius 2 is 0.765 bits per heavy atom. The number of ether oxygens (including phenoxy) is 2. The third-order valence-electron chi connectivity index (χ3n) is 9.85. The molecular weight excluding hydrogens is 663 g/mol. The van der Waals surface area contributed by atoms with Crippen LogP contribution in [0.2, 0.25) is 0 Å². The summed E-state index contributed by atoms with van der Waals surface area (Å²) in [5.74, 6) is -0.792. The van der Waals surface area contributed by atoms with Gasteiger partial charge in [-0.25, -0.2) is 4.57 Å². The number of hydrogen-bond acceptors (Lipinski definition) is 7. The number of unbranched alkanes of at least 4 members (excludes halogenated alkanes) is 30. The molecule has 2 unspecified atom stereocenters. The Morgan fingerprint density at radius 1 is 0.471 bits per heavy atom. The van der Waals surface area contributed by atoms with E-state index in [0.29, 0.717) is 6.42 Å². The topological polar surface area (TPSA) is 108 Å². The lowest BCUT2D eigenvalue weighted by Crippen LogP contribution is -2.29. The van der Waals surface area contributed by atoms with Crippen molar-refractivity contribution in [3.8, 4) is 0 Å². The van der Waals surface area contributed by atoms with Gasteiger partial charge >= 0.3 is 19.8 Å². The van der Waals surface area contributed by atoms with E-state index >= 15 is 0 Å². The molecular formula is C42H83O8P. The van der Waals surface area contributed by atoms with Gasteiger partial charge in [0.1, 0.15) is 6.61 Å². The molecule has 0 amide bonds. The molecule has 51 heavy (non-hydrogen) atoms. The smallest absolute Gasteiger partial charge is 0.462 e. The molecule has 0 aromatic carbocycles. The lowest BCUT2D eigenvalue weighted by Gasteiger charge is -2.19. The summed E-state index contributed by atoms with van der Waals surface area (Å²) in [6.45, 7) is 3.89. The fourth-order valence-corrected chi connectivity index (χ4v) is 6.94. The Morgan fingerprint density at radius 3 is 1.08 bits per heavy atom. The highest BCUT2D eigenvalue weighted by atomic mass is 31.2. The van der Waals surface area contributed by atoms with Gasteiger partial charge < -0.3 is 14.4 Å². The van der Waals surface area contributed by atoms with Crippen molar-refractivity contribution in [2.24, 2.45) is 0 Å². The van der Waals surface area contributed by atoms with E-state index in [1.54, 1.807) is 0 Å². The molecule has 0 fully saturated rings. The first-order chi connectivity index (χ1) is 24.8. The summed E-state index contributed by atoms with van der Waals surface area (Å²) < 4.78 is 31.9. The van der Waals surface area contributed by atoms with Crippen molar-refractivity contribution in [3.05, 3.63) is 0 Å². The number of hydrogen-bond donors (Lipinski definition) is 1. The van der Waals surface area contributed by atoms with E-state index in [4.69, 9.17) is 14.0 Å². The quantitative estimate of drug-likeness (QED) is 0.0374. The van der Waals surface area contributed by atoms with Crippen molar-refractivity contribution in [2.75, 3.05) is 20.3 Å². The van der Waals surface area contributed by atoms with Gasteiger partial charge in [0.2, 0.25) is 0 Å². The van der Waals surface area contributed by atoms with Gasteiger partial charge in [0.15, 0.2) is 6.10 Å². The Balaban J connectivity index is 3.82. The molecule has 0 spiro atoms. The minimum absolute atomic E-state index is 0.217. The van der Waals surface area contributed by atoms with E-state index in [-0.39, 0.29) is 19.0 Å². The fraction of sp³-hybridized carbons (Fsp3) is 0.952. The third-order valence-corrected chi connectivity index (χ3v) is 10.8. The van der Waals surface area contributed by atoms with E-state index in [0.717, 1.165) is 45.6 Å². The summed E-state index contributed by atoms with van der Waals surface area (Å²) in [4.78, 5) is 34.3. The molecule has 0 aliphatic heterocycles. The van der Waals surface area contributed by atoms with E-state index in [1.165, 1.54) is 167 Å². The van der Waals surface area contributed by atoms with Crippen LogP contribution in [0.15, 0.2) is 0 Å². The van der Waals surface area contributed by atoms with Gasteiger partial charge in [-0.3, -0.25) is 18.6 Å². The van der Waals surface area contributed by atoms with Crippen molar-refractivity contribution in [3.63, 3.8) is 0 Å². The molecule has 0 rings (SSSR count). The molecule has 0 bridgehead atoms. The molecule has 9 heteroatoms. The zero-order chi connectivity index (χ0) is 37.5. The van der Waals surface area contributed by atoms with E-state index in [1.807, 2.05) is 0 Å². The molecule has 0 heterocycles. The van der Waals surface area contributed by atoms with Crippen LogP contribution in [0.3, 0.4) is 0 Å². The summed E-state index contributed by atoms with van der Waals surface area (Å²) in [5.41, 5.74) is 0. The Kier molecular flexibility index (Phi) is 38.0. The molecule has 0 aliphatic rings. The second-order valence-electron chi connectivity index (χ2n) is 14.8. The van der Waals surface area contributed by atoms with Gasteiger partial charge in [-0.1, -0.05) is 206 Å². The summed E-state index contributed by atoms with van der Waals surface area (Å²) in [7, 11) is -3.18. The first-order valence-electron chi connectivity index (χ1n) is 21.7. The zero-order valence-corrected chi connectivity index (χ0v) is 34.7. The second kappa shape index (κ2) is 38.8. The standard InChI is InChI=1S/C42H83O8P/c1-4-6-8-10-12-14-15-16-17-18-19-20-21-22-23-24-25-26-27-29-31-33-35-37-42(44)50-40(39-49-51(45,46)47-3)38-48-41(43)36-34-32-30-28-13-11-9-7-5-2/h40H,4-39H2,1-3H3,(H,45,46). The number of phosphoric ester groups is 1. The molecule has 0 aromatic rings. The molecule has 0 saturated heterocycles. The highest BCUT2D eigenvalue weighted by Crippen LogP contribution is 2.42. The lowest BCUT2D eigenvalue weighted by molar-refractivity contribution is -0.161. The normalized spacial score (nSPS) is 13.3. The summed E-state index contributed by atoms with van der Waals surface area (Å²) in [6.07, 6.45) is 40.3. The van der Waals surface area contributed by atoms with Crippen LogP contribution in [-0.2, 0) is 32.7 Å². The average molecular weight is 747 g/mol. The van der Waals surface area contributed by atoms with Crippen LogP contribution in [0, 0.1) is 0 Å². The van der Waals surface area contributed by atoms with Crippen LogP contribution in [0.1, 0.15) is 232 Å². The summed E-state index contributed by atoms with van der Waals surface area (Å²) in [6, 6.07) is 0. The van der Waals surface area contributed by atoms with Crippen LogP contribution >= 0.6 is 7.82 Å². The Hall–Kier alpha value is -0.950. The van der Waals surface area contributed by atoms with Crippen LogP contribution < -0.4 is 0 Å². The van der Waals surface area contributed by atoms with Crippen molar-refractivity contribution in [1.29, 1.82) is 0 Å². The largest absolute Gasteiger partial charge is 0.472 e. The molecule has 1 N–H and O–H groups in total. The molecule has 8 nitrogen and oxygen atoms in total. The van der Waals surface area contributed by atoms with Gasteiger partial charge in [0.05, 0.1) is 6.61 Å². The summed E-state index contributed by atoms with van der Waals surface area (Å²) >= 11 is 0. The van der Waals surface area contributed by atoms with E-state index < -0.39 is 26.5 Å². The van der Waals surface area contributed by atoms with Crippen LogP contribution in [0.25, 0.3) is 0 Å². The first-order valence-corrected chi connectivity index (χ1v) is 23.2. The van der Waals surface area contributed by atoms with E-state index in [2.05, 4.69) is 18.4 Å². The minimum Gasteiger partial charge on any atom is -0.462 e. The van der Waals surface area contributed by atoms with Gasteiger partial charge in [-0.05, 0) is 12.8 Å². The average Bonchev–Trinajstić information content (AvgIpc) is 3.12. The van der Waals surface area contributed by atoms with Gasteiger partial charge in [-0.15, -0.1) is 0 Å². The third kappa shape index (κ3) is 38.6. The maximum Gasteiger partial charge on any atom is 0.472 e. The van der Waals surface area contributed by atoms with Crippen molar-refractivity contribution < 1.29 is 37.6 Å². The van der Waals surface area contributed by atoms with E-state index in [9.17, 15) is 19.0 Å². The highest BCUT2D eigenvalue weighted by Gasteiger charge is 2.24. The zero-order valence-electron chi connectivity index (χ0n) is 33.8. The minimum atomic E-state index is -4.25. The second-order valence-corrected chi connectivity index (χ2v) is 16.4. The molecule has 0 saturated carbocycles. The van der Waals surface area contributed by atoms with Crippen molar-refractivity contribution in [2.45, 2.75) is 238 Å².